The molecular weight excluding hydrogens is 402 g/mol. The summed E-state index contributed by atoms with van der Waals surface area (Å²) in [7, 11) is 0. The van der Waals surface area contributed by atoms with Crippen LogP contribution in [0.25, 0.3) is 11.2 Å². The summed E-state index contributed by atoms with van der Waals surface area (Å²) in [5.74, 6) is -4.04. The van der Waals surface area contributed by atoms with Gasteiger partial charge in [-0.3, -0.25) is 23.7 Å². The number of nitrogens with zero attached hydrogens (tertiary/aromatic N) is 4. The molecule has 2 N–H and O–H groups in total. The van der Waals surface area contributed by atoms with Crippen molar-refractivity contribution in [2.45, 2.75) is 45.2 Å². The van der Waals surface area contributed by atoms with Gasteiger partial charge in [-0.15, -0.1) is 0 Å². The molecule has 2 aromatic heterocycles. The Morgan fingerprint density at radius 1 is 1.13 bits per heavy atom. The van der Waals surface area contributed by atoms with Crippen LogP contribution in [0.5, 0.6) is 0 Å². The molecule has 30 heavy (non-hydrogen) atoms. The van der Waals surface area contributed by atoms with Gasteiger partial charge in [0.15, 0.2) is 24.1 Å². The van der Waals surface area contributed by atoms with Gasteiger partial charge in [-0.2, -0.15) is 0 Å². The SMILES string of the molecule is [2H]CC(=O)OC[C@H]1OC(n2cnc3cnc(C(N)=O)nc32)[C@H](OC(=O)C[2H])[C@@H]1OC(=O)C[2H]. The quantitative estimate of drug-likeness (QED) is 0.456. The Bertz CT molecular complexity index is 1070. The topological polar surface area (TPSA) is 175 Å². The van der Waals surface area contributed by atoms with Crippen LogP contribution in [0.1, 0.15) is 41.7 Å². The van der Waals surface area contributed by atoms with Crippen molar-refractivity contribution in [1.82, 2.24) is 19.5 Å². The number of nitrogens with two attached hydrogens (primary N) is 1. The Hall–Kier alpha value is -3.61. The number of imidazole rings is 1. The van der Waals surface area contributed by atoms with Crippen LogP contribution in [-0.2, 0) is 33.3 Å². The number of rotatable bonds is 6. The zero-order valence-electron chi connectivity index (χ0n) is 18.4. The monoisotopic (exact) mass is 424 g/mol. The van der Waals surface area contributed by atoms with Gasteiger partial charge in [0.1, 0.15) is 18.2 Å². The Labute approximate surface area is 173 Å². The summed E-state index contributed by atoms with van der Waals surface area (Å²) >= 11 is 0. The lowest BCUT2D eigenvalue weighted by atomic mass is 10.1. The van der Waals surface area contributed by atoms with E-state index in [0.717, 1.165) is 0 Å². The van der Waals surface area contributed by atoms with Crippen LogP contribution < -0.4 is 5.73 Å². The zero-order valence-corrected chi connectivity index (χ0v) is 15.4. The highest BCUT2D eigenvalue weighted by atomic mass is 16.7. The molecule has 1 fully saturated rings. The highest BCUT2D eigenvalue weighted by Crippen LogP contribution is 2.35. The average Bonchev–Trinajstić information content (AvgIpc) is 3.37. The Balaban J connectivity index is 2.03. The number of fused-ring (bicyclic) bond motifs is 1. The molecule has 0 aromatic carbocycles. The normalized spacial score (nSPS) is 24.5. The molecule has 1 amide bonds. The van der Waals surface area contributed by atoms with Crippen LogP contribution >= 0.6 is 0 Å². The molecule has 2 aromatic rings. The van der Waals surface area contributed by atoms with E-state index < -0.39 is 75.7 Å². The molecule has 3 rings (SSSR count). The number of amides is 1. The van der Waals surface area contributed by atoms with Crippen LogP contribution in [0.2, 0.25) is 0 Å². The first-order chi connectivity index (χ1) is 15.8. The van der Waals surface area contributed by atoms with E-state index in [2.05, 4.69) is 15.0 Å². The molecule has 13 nitrogen and oxygen atoms in total. The fourth-order valence-electron chi connectivity index (χ4n) is 2.94. The lowest BCUT2D eigenvalue weighted by molar-refractivity contribution is -0.166. The predicted octanol–water partition coefficient (Wildman–Crippen LogP) is -0.751. The molecule has 4 atom stereocenters. The number of aromatic nitrogens is 4. The van der Waals surface area contributed by atoms with E-state index in [1.165, 1.54) is 17.1 Å². The van der Waals surface area contributed by atoms with Gasteiger partial charge in [0, 0.05) is 24.8 Å². The lowest BCUT2D eigenvalue weighted by Gasteiger charge is -2.23. The summed E-state index contributed by atoms with van der Waals surface area (Å²) in [4.78, 5) is 58.7. The second-order valence-corrected chi connectivity index (χ2v) is 6.08. The van der Waals surface area contributed by atoms with E-state index in [9.17, 15) is 19.2 Å². The number of carbonyl (C=O) groups is 4. The zero-order chi connectivity index (χ0) is 24.1. The van der Waals surface area contributed by atoms with E-state index in [1.54, 1.807) is 0 Å². The van der Waals surface area contributed by atoms with E-state index in [-0.39, 0.29) is 17.0 Å². The predicted molar refractivity (Wildman–Crippen MR) is 95.5 cm³/mol. The van der Waals surface area contributed by atoms with Crippen LogP contribution in [0.3, 0.4) is 0 Å². The smallest absolute Gasteiger partial charge is 0.303 e. The molecule has 1 saturated heterocycles. The van der Waals surface area contributed by atoms with E-state index in [0.29, 0.717) is 0 Å². The minimum absolute atomic E-state index is 0.0742. The maximum atomic E-state index is 11.9. The minimum atomic E-state index is -1.36. The van der Waals surface area contributed by atoms with E-state index in [1.807, 2.05) is 0 Å². The Kier molecular flexibility index (Phi) is 4.84. The summed E-state index contributed by atoms with van der Waals surface area (Å²) in [5, 5.41) is 0. The van der Waals surface area contributed by atoms with Crippen LogP contribution in [-0.4, -0.2) is 68.3 Å². The first kappa shape index (κ1) is 17.3. The fraction of sp³-hybridized carbons (Fsp3) is 0.471. The molecule has 1 aliphatic heterocycles. The molecule has 13 heteroatoms. The van der Waals surface area contributed by atoms with Crippen molar-refractivity contribution in [3.8, 4) is 0 Å². The second kappa shape index (κ2) is 8.41. The number of esters is 3. The molecular formula is C17H19N5O8. The van der Waals surface area contributed by atoms with Crippen molar-refractivity contribution in [2.24, 2.45) is 5.73 Å². The van der Waals surface area contributed by atoms with Gasteiger partial charge in [-0.25, -0.2) is 15.0 Å². The molecule has 0 spiro atoms. The Morgan fingerprint density at radius 3 is 2.50 bits per heavy atom. The van der Waals surface area contributed by atoms with Gasteiger partial charge in [0.25, 0.3) is 5.91 Å². The molecule has 0 saturated carbocycles. The van der Waals surface area contributed by atoms with Crippen molar-refractivity contribution >= 4 is 35.0 Å². The molecule has 1 aliphatic rings. The molecule has 1 unspecified atom stereocenters. The van der Waals surface area contributed by atoms with Gasteiger partial charge in [-0.05, 0) is 0 Å². The largest absolute Gasteiger partial charge is 0.463 e. The summed E-state index contributed by atoms with van der Waals surface area (Å²) in [6.07, 6.45) is -2.62. The Morgan fingerprint density at radius 2 is 1.83 bits per heavy atom. The van der Waals surface area contributed by atoms with Gasteiger partial charge in [0.05, 0.1) is 12.5 Å². The van der Waals surface area contributed by atoms with Crippen molar-refractivity contribution in [1.29, 1.82) is 0 Å². The van der Waals surface area contributed by atoms with Gasteiger partial charge in [0.2, 0.25) is 5.82 Å². The standard InChI is InChI=1S/C17H19N5O8/c1-7(23)27-5-11-12(28-8(2)24)13(29-9(3)25)17(30-11)22-6-20-10-4-19-15(14(18)26)21-16(10)22/h4,6,11-13,17H,5H2,1-3H3,(H2,18,26)/t11-,12-,13-,17?/m1/s1/i1D,2D,3D. The van der Waals surface area contributed by atoms with E-state index in [4.69, 9.17) is 28.8 Å². The molecule has 0 aliphatic carbocycles. The average molecular weight is 424 g/mol. The van der Waals surface area contributed by atoms with Crippen molar-refractivity contribution in [3.63, 3.8) is 0 Å². The molecule has 0 bridgehead atoms. The summed E-state index contributed by atoms with van der Waals surface area (Å²) < 4.78 is 44.1. The van der Waals surface area contributed by atoms with Crippen LogP contribution in [0.4, 0.5) is 0 Å². The van der Waals surface area contributed by atoms with Crippen molar-refractivity contribution < 1.29 is 42.2 Å². The maximum absolute atomic E-state index is 11.9. The number of hydrogen-bond acceptors (Lipinski definition) is 11. The third-order valence-corrected chi connectivity index (χ3v) is 4.04. The van der Waals surface area contributed by atoms with Crippen LogP contribution in [0.15, 0.2) is 12.5 Å². The van der Waals surface area contributed by atoms with Gasteiger partial charge < -0.3 is 24.7 Å². The number of ether oxygens (including phenoxy) is 4. The minimum Gasteiger partial charge on any atom is -0.463 e. The summed E-state index contributed by atoms with van der Waals surface area (Å²) in [5.41, 5.74) is 5.54. The summed E-state index contributed by atoms with van der Waals surface area (Å²) in [6.45, 7) is -2.63. The third kappa shape index (κ3) is 4.35. The second-order valence-electron chi connectivity index (χ2n) is 6.08. The number of carbonyl (C=O) groups excluding carboxylic acids is 4. The van der Waals surface area contributed by atoms with Crippen LogP contribution in [0, 0.1) is 0 Å². The molecule has 0 radical (unpaired) electrons. The first-order valence-corrected chi connectivity index (χ1v) is 8.36. The van der Waals surface area contributed by atoms with Crippen molar-refractivity contribution in [3.05, 3.63) is 18.3 Å². The third-order valence-electron chi connectivity index (χ3n) is 4.04. The highest BCUT2D eigenvalue weighted by Gasteiger charge is 2.51. The fourth-order valence-corrected chi connectivity index (χ4v) is 2.94. The van der Waals surface area contributed by atoms with Gasteiger partial charge >= 0.3 is 17.9 Å². The number of primary amides is 1. The summed E-state index contributed by atoms with van der Waals surface area (Å²) in [6, 6.07) is 0. The van der Waals surface area contributed by atoms with Crippen molar-refractivity contribution in [2.75, 3.05) is 6.61 Å². The van der Waals surface area contributed by atoms with E-state index >= 15 is 0 Å². The number of hydrogen-bond donors (Lipinski definition) is 1. The van der Waals surface area contributed by atoms with Gasteiger partial charge in [-0.1, -0.05) is 0 Å². The molecule has 160 valence electrons. The lowest BCUT2D eigenvalue weighted by Crippen LogP contribution is -2.40. The maximum Gasteiger partial charge on any atom is 0.303 e. The first-order valence-electron chi connectivity index (χ1n) is 10.5. The highest BCUT2D eigenvalue weighted by molar-refractivity contribution is 5.90. The molecule has 3 heterocycles.